The van der Waals surface area contributed by atoms with Crippen molar-refractivity contribution in [3.8, 4) is 0 Å². The fourth-order valence-electron chi connectivity index (χ4n) is 2.73. The van der Waals surface area contributed by atoms with Gasteiger partial charge >= 0.3 is 0 Å². The Hall–Kier alpha value is -1.69. The molecule has 1 N–H and O–H groups in total. The molecule has 1 fully saturated rings. The summed E-state index contributed by atoms with van der Waals surface area (Å²) < 4.78 is 0. The zero-order chi connectivity index (χ0) is 17.2. The quantitative estimate of drug-likeness (QED) is 0.840. The second-order valence-corrected chi connectivity index (χ2v) is 6.38. The molecule has 130 valence electrons. The third kappa shape index (κ3) is 6.52. The first-order valence-corrected chi connectivity index (χ1v) is 8.36. The Balaban J connectivity index is 0.000000816. The summed E-state index contributed by atoms with van der Waals surface area (Å²) in [5.41, 5.74) is 1.06. The van der Waals surface area contributed by atoms with E-state index in [1.807, 2.05) is 0 Å². The van der Waals surface area contributed by atoms with Crippen molar-refractivity contribution in [1.29, 1.82) is 0 Å². The van der Waals surface area contributed by atoms with Crippen molar-refractivity contribution in [2.75, 3.05) is 31.6 Å². The van der Waals surface area contributed by atoms with Crippen LogP contribution in [-0.4, -0.2) is 59.4 Å². The van der Waals surface area contributed by atoms with Crippen LogP contribution in [0.1, 0.15) is 51.6 Å². The van der Waals surface area contributed by atoms with E-state index in [4.69, 9.17) is 9.90 Å². The Morgan fingerprint density at radius 2 is 2.09 bits per heavy atom. The van der Waals surface area contributed by atoms with Gasteiger partial charge in [0.2, 0.25) is 0 Å². The van der Waals surface area contributed by atoms with Crippen LogP contribution in [0.3, 0.4) is 0 Å². The molecule has 0 spiro atoms. The second-order valence-electron chi connectivity index (χ2n) is 6.38. The molecule has 6 heteroatoms. The number of hydrogen-bond donors (Lipinski definition) is 1. The van der Waals surface area contributed by atoms with Gasteiger partial charge in [-0.25, -0.2) is 0 Å². The van der Waals surface area contributed by atoms with Gasteiger partial charge in [0.15, 0.2) is 5.82 Å². The van der Waals surface area contributed by atoms with Crippen molar-refractivity contribution in [2.45, 2.75) is 52.0 Å². The first kappa shape index (κ1) is 19.4. The van der Waals surface area contributed by atoms with Gasteiger partial charge in [-0.1, -0.05) is 20.3 Å². The molecule has 1 atom stereocenters. The highest BCUT2D eigenvalue weighted by atomic mass is 16.3. The molecule has 0 saturated carbocycles. The smallest absolute Gasteiger partial charge is 0.290 e. The predicted molar refractivity (Wildman–Crippen MR) is 93.0 cm³/mol. The Labute approximate surface area is 139 Å². The zero-order valence-corrected chi connectivity index (χ0v) is 14.8. The minimum atomic E-state index is -0.250. The molecule has 1 unspecified atom stereocenters. The Kier molecular flexibility index (Phi) is 8.55. The molecular formula is C17H30N4O2. The lowest BCUT2D eigenvalue weighted by Crippen LogP contribution is -2.42. The maximum Gasteiger partial charge on any atom is 0.290 e. The molecule has 1 saturated heterocycles. The number of rotatable bonds is 5. The SMILES string of the molecule is CC(C)c1ccc(N(C)CCN2CCCCC2C)nn1.O=CO. The number of hydrogen-bond acceptors (Lipinski definition) is 5. The molecule has 2 heterocycles. The summed E-state index contributed by atoms with van der Waals surface area (Å²) in [5.74, 6) is 1.41. The minimum absolute atomic E-state index is 0.250. The van der Waals surface area contributed by atoms with Crippen LogP contribution in [0.25, 0.3) is 0 Å². The zero-order valence-electron chi connectivity index (χ0n) is 14.8. The number of likely N-dealkylation sites (N-methyl/N-ethyl adjacent to an activating group) is 1. The van der Waals surface area contributed by atoms with E-state index in [0.29, 0.717) is 5.92 Å². The van der Waals surface area contributed by atoms with Crippen molar-refractivity contribution in [1.82, 2.24) is 15.1 Å². The van der Waals surface area contributed by atoms with E-state index in [1.165, 1.54) is 25.8 Å². The summed E-state index contributed by atoms with van der Waals surface area (Å²) in [6.45, 7) is 9.75. The van der Waals surface area contributed by atoms with E-state index in [2.05, 4.69) is 59.9 Å². The van der Waals surface area contributed by atoms with Crippen molar-refractivity contribution < 1.29 is 9.90 Å². The van der Waals surface area contributed by atoms with Gasteiger partial charge in [-0.05, 0) is 44.4 Å². The highest BCUT2D eigenvalue weighted by Gasteiger charge is 2.18. The third-order valence-electron chi connectivity index (χ3n) is 4.32. The molecule has 0 amide bonds. The van der Waals surface area contributed by atoms with E-state index in [0.717, 1.165) is 30.6 Å². The molecule has 0 bridgehead atoms. The van der Waals surface area contributed by atoms with E-state index in [9.17, 15) is 0 Å². The van der Waals surface area contributed by atoms with Crippen LogP contribution in [0, 0.1) is 0 Å². The van der Waals surface area contributed by atoms with Gasteiger partial charge in [-0.3, -0.25) is 9.69 Å². The van der Waals surface area contributed by atoms with Crippen LogP contribution >= 0.6 is 0 Å². The molecule has 6 nitrogen and oxygen atoms in total. The van der Waals surface area contributed by atoms with Crippen LogP contribution in [0.4, 0.5) is 5.82 Å². The van der Waals surface area contributed by atoms with Gasteiger partial charge < -0.3 is 10.0 Å². The molecule has 0 radical (unpaired) electrons. The van der Waals surface area contributed by atoms with Crippen molar-refractivity contribution >= 4 is 12.3 Å². The summed E-state index contributed by atoms with van der Waals surface area (Å²) in [4.78, 5) is 13.2. The van der Waals surface area contributed by atoms with Crippen molar-refractivity contribution in [2.24, 2.45) is 0 Å². The summed E-state index contributed by atoms with van der Waals surface area (Å²) in [7, 11) is 2.10. The molecule has 1 aliphatic rings. The highest BCUT2D eigenvalue weighted by molar-refractivity contribution is 5.36. The maximum absolute atomic E-state index is 8.36. The number of carboxylic acid groups (broad SMARTS) is 1. The van der Waals surface area contributed by atoms with E-state index in [1.54, 1.807) is 0 Å². The number of nitrogens with zero attached hydrogens (tertiary/aromatic N) is 4. The summed E-state index contributed by atoms with van der Waals surface area (Å²) >= 11 is 0. The fourth-order valence-corrected chi connectivity index (χ4v) is 2.73. The molecule has 2 rings (SSSR count). The van der Waals surface area contributed by atoms with Crippen LogP contribution in [-0.2, 0) is 4.79 Å². The topological polar surface area (TPSA) is 69.6 Å². The van der Waals surface area contributed by atoms with E-state index < -0.39 is 0 Å². The molecular weight excluding hydrogens is 292 g/mol. The highest BCUT2D eigenvalue weighted by Crippen LogP contribution is 2.17. The Bertz CT molecular complexity index is 450. The summed E-state index contributed by atoms with van der Waals surface area (Å²) in [6, 6.07) is 4.90. The van der Waals surface area contributed by atoms with Crippen LogP contribution < -0.4 is 4.90 Å². The van der Waals surface area contributed by atoms with Crippen molar-refractivity contribution in [3.05, 3.63) is 17.8 Å². The molecule has 0 aliphatic carbocycles. The van der Waals surface area contributed by atoms with Gasteiger partial charge in [0.05, 0.1) is 5.69 Å². The standard InChI is InChI=1S/C16H28N4.CH2O2/c1-13(2)15-8-9-16(18-17-15)19(4)11-12-20-10-6-5-7-14(20)3;2-1-3/h8-9,13-14H,5-7,10-12H2,1-4H3;1H,(H,2,3). The van der Waals surface area contributed by atoms with Crippen LogP contribution in [0.15, 0.2) is 12.1 Å². The Morgan fingerprint density at radius 3 is 2.61 bits per heavy atom. The minimum Gasteiger partial charge on any atom is -0.483 e. The summed E-state index contributed by atoms with van der Waals surface area (Å²) in [5, 5.41) is 15.5. The third-order valence-corrected chi connectivity index (χ3v) is 4.32. The first-order valence-electron chi connectivity index (χ1n) is 8.36. The van der Waals surface area contributed by atoms with E-state index in [-0.39, 0.29) is 6.47 Å². The van der Waals surface area contributed by atoms with Gasteiger partial charge in [0, 0.05) is 26.2 Å². The monoisotopic (exact) mass is 322 g/mol. The molecule has 23 heavy (non-hydrogen) atoms. The lowest BCUT2D eigenvalue weighted by molar-refractivity contribution is -0.122. The average molecular weight is 322 g/mol. The number of anilines is 1. The number of piperidine rings is 1. The average Bonchev–Trinajstić information content (AvgIpc) is 2.54. The number of likely N-dealkylation sites (tertiary alicyclic amines) is 1. The second kappa shape index (κ2) is 10.2. The maximum atomic E-state index is 8.36. The fraction of sp³-hybridized carbons (Fsp3) is 0.706. The van der Waals surface area contributed by atoms with Crippen LogP contribution in [0.2, 0.25) is 0 Å². The normalized spacial score (nSPS) is 18.2. The van der Waals surface area contributed by atoms with Crippen LogP contribution in [0.5, 0.6) is 0 Å². The molecule has 0 aromatic carbocycles. The lowest BCUT2D eigenvalue weighted by atomic mass is 10.0. The lowest BCUT2D eigenvalue weighted by Gasteiger charge is -2.34. The molecule has 1 aromatic rings. The van der Waals surface area contributed by atoms with Gasteiger partial charge in [-0.15, -0.1) is 5.10 Å². The van der Waals surface area contributed by atoms with Gasteiger partial charge in [-0.2, -0.15) is 5.10 Å². The van der Waals surface area contributed by atoms with E-state index >= 15 is 0 Å². The largest absolute Gasteiger partial charge is 0.483 e. The Morgan fingerprint density at radius 1 is 1.39 bits per heavy atom. The van der Waals surface area contributed by atoms with Gasteiger partial charge in [0.1, 0.15) is 0 Å². The number of carbonyl (C=O) groups is 1. The predicted octanol–water partition coefficient (Wildman–Crippen LogP) is 2.61. The molecule has 1 aromatic heterocycles. The van der Waals surface area contributed by atoms with Crippen molar-refractivity contribution in [3.63, 3.8) is 0 Å². The summed E-state index contributed by atoms with van der Waals surface area (Å²) in [6.07, 6.45) is 4.07. The van der Waals surface area contributed by atoms with Gasteiger partial charge in [0.25, 0.3) is 6.47 Å². The first-order chi connectivity index (χ1) is 11.0. The number of aromatic nitrogens is 2. The molecule has 1 aliphatic heterocycles.